The number of fused-ring (bicyclic) bond motifs is 3. The quantitative estimate of drug-likeness (QED) is 0.539. The monoisotopic (exact) mass is 438 g/mol. The molecule has 2 heterocycles. The highest BCUT2D eigenvalue weighted by Crippen LogP contribution is 2.39. The first-order valence-corrected chi connectivity index (χ1v) is 11.8. The molecule has 1 aromatic heterocycles. The van der Waals surface area contributed by atoms with E-state index >= 15 is 0 Å². The molecule has 3 aromatic rings. The van der Waals surface area contributed by atoms with Gasteiger partial charge in [0.2, 0.25) is 0 Å². The topological polar surface area (TPSA) is 60.5 Å². The number of amides is 1. The van der Waals surface area contributed by atoms with Crippen LogP contribution >= 0.6 is 0 Å². The number of carbonyl (C=O) groups is 1. The molecular formula is C28H30N4O. The summed E-state index contributed by atoms with van der Waals surface area (Å²) in [4.78, 5) is 23.2. The summed E-state index contributed by atoms with van der Waals surface area (Å²) in [5.41, 5.74) is 6.44. The predicted molar refractivity (Wildman–Crippen MR) is 135 cm³/mol. The maximum Gasteiger partial charge on any atom is 0.253 e. The molecule has 1 aliphatic heterocycles. The van der Waals surface area contributed by atoms with Gasteiger partial charge in [0.05, 0.1) is 5.69 Å². The first-order valence-electron chi connectivity index (χ1n) is 11.8. The van der Waals surface area contributed by atoms with E-state index in [2.05, 4.69) is 65.0 Å². The van der Waals surface area contributed by atoms with Crippen LogP contribution in [0.5, 0.6) is 0 Å². The number of aromatic amines is 1. The van der Waals surface area contributed by atoms with Gasteiger partial charge in [-0.3, -0.25) is 9.79 Å². The van der Waals surface area contributed by atoms with Gasteiger partial charge in [-0.05, 0) is 62.2 Å². The lowest BCUT2D eigenvalue weighted by Gasteiger charge is -2.34. The van der Waals surface area contributed by atoms with Crippen molar-refractivity contribution in [2.75, 3.05) is 19.6 Å². The molecule has 2 atom stereocenters. The Bertz CT molecular complexity index is 1260. The molecule has 0 saturated carbocycles. The zero-order valence-corrected chi connectivity index (χ0v) is 19.2. The van der Waals surface area contributed by atoms with Gasteiger partial charge in [-0.15, -0.1) is 0 Å². The van der Waals surface area contributed by atoms with Crippen LogP contribution in [0.4, 0.5) is 5.69 Å². The molecule has 0 radical (unpaired) electrons. The second kappa shape index (κ2) is 9.20. The van der Waals surface area contributed by atoms with Gasteiger partial charge in [-0.1, -0.05) is 42.5 Å². The maximum atomic E-state index is 13.0. The highest BCUT2D eigenvalue weighted by molar-refractivity contribution is 6.07. The van der Waals surface area contributed by atoms with E-state index in [0.717, 1.165) is 29.9 Å². The highest BCUT2D eigenvalue weighted by atomic mass is 16.2. The largest absolute Gasteiger partial charge is 0.361 e. The number of carbonyl (C=O) groups excluding carboxylic acids is 1. The van der Waals surface area contributed by atoms with Crippen molar-refractivity contribution >= 4 is 28.2 Å². The number of rotatable bonds is 7. The second-order valence-electron chi connectivity index (χ2n) is 8.60. The van der Waals surface area contributed by atoms with E-state index in [9.17, 15) is 4.79 Å². The number of likely N-dealkylation sites (N-methyl/N-ethyl adjacent to an activating group) is 1. The number of H-pyrrole nitrogens is 1. The lowest BCUT2D eigenvalue weighted by molar-refractivity contribution is -0.126. The van der Waals surface area contributed by atoms with E-state index < -0.39 is 0 Å². The van der Waals surface area contributed by atoms with Gasteiger partial charge in [0.25, 0.3) is 5.91 Å². The van der Waals surface area contributed by atoms with Crippen LogP contribution in [0.15, 0.2) is 83.5 Å². The summed E-state index contributed by atoms with van der Waals surface area (Å²) in [6.07, 6.45) is 9.09. The van der Waals surface area contributed by atoms with E-state index in [4.69, 9.17) is 4.99 Å². The molecule has 0 fully saturated rings. The molecular weight excluding hydrogens is 408 g/mol. The van der Waals surface area contributed by atoms with E-state index in [1.54, 1.807) is 0 Å². The molecule has 33 heavy (non-hydrogen) atoms. The number of nitrogens with one attached hydrogen (secondary N) is 2. The van der Waals surface area contributed by atoms with Gasteiger partial charge in [0.15, 0.2) is 0 Å². The van der Waals surface area contributed by atoms with E-state index in [1.807, 2.05) is 37.0 Å². The third-order valence-corrected chi connectivity index (χ3v) is 6.75. The Morgan fingerprint density at radius 1 is 1.06 bits per heavy atom. The number of hydrogen-bond acceptors (Lipinski definition) is 3. The maximum absolute atomic E-state index is 13.0. The number of nitrogens with zero attached hydrogens (tertiary/aromatic N) is 2. The molecule has 2 N–H and O–H groups in total. The highest BCUT2D eigenvalue weighted by Gasteiger charge is 2.33. The van der Waals surface area contributed by atoms with Crippen LogP contribution in [0, 0.1) is 5.92 Å². The third-order valence-electron chi connectivity index (χ3n) is 6.75. The van der Waals surface area contributed by atoms with Crippen LogP contribution in [-0.2, 0) is 11.2 Å². The number of para-hydroxylation sites is 2. The Hall–Kier alpha value is -3.44. The fourth-order valence-corrected chi connectivity index (χ4v) is 4.96. The Labute approximate surface area is 194 Å². The van der Waals surface area contributed by atoms with Crippen molar-refractivity contribution in [3.63, 3.8) is 0 Å². The second-order valence-corrected chi connectivity index (χ2v) is 8.60. The lowest BCUT2D eigenvalue weighted by Crippen LogP contribution is -2.37. The molecule has 0 bridgehead atoms. The summed E-state index contributed by atoms with van der Waals surface area (Å²) in [6, 6.07) is 16.8. The number of aromatic nitrogens is 1. The van der Waals surface area contributed by atoms with Gasteiger partial charge in [-0.2, -0.15) is 0 Å². The van der Waals surface area contributed by atoms with Crippen molar-refractivity contribution in [2.24, 2.45) is 10.9 Å². The molecule has 5 rings (SSSR count). The Kier molecular flexibility index (Phi) is 5.97. The number of aliphatic imine (C=N–C) groups is 1. The summed E-state index contributed by atoms with van der Waals surface area (Å²) in [7, 11) is 0. The minimum absolute atomic E-state index is 0.0300. The van der Waals surface area contributed by atoms with E-state index in [-0.39, 0.29) is 17.9 Å². The molecule has 1 aliphatic carbocycles. The zero-order chi connectivity index (χ0) is 22.8. The molecule has 2 aliphatic rings. The smallest absolute Gasteiger partial charge is 0.253 e. The number of allylic oxidation sites excluding steroid dienone is 1. The van der Waals surface area contributed by atoms with Crippen LogP contribution in [0.3, 0.4) is 0 Å². The summed E-state index contributed by atoms with van der Waals surface area (Å²) in [5, 5.41) is 5.07. The third kappa shape index (κ3) is 4.05. The van der Waals surface area contributed by atoms with Crippen LogP contribution < -0.4 is 5.32 Å². The SMILES string of the molecule is CCN(CC)C(=O)C1=CC2C(=Nc3ccccc3C2NCCc2c[nH]c3ccccc23)C=C1. The first kappa shape index (κ1) is 21.4. The van der Waals surface area contributed by atoms with Gasteiger partial charge in [0.1, 0.15) is 0 Å². The Balaban J connectivity index is 1.41. The van der Waals surface area contributed by atoms with Gasteiger partial charge >= 0.3 is 0 Å². The Morgan fingerprint density at radius 2 is 1.85 bits per heavy atom. The van der Waals surface area contributed by atoms with Gasteiger partial charge in [-0.25, -0.2) is 0 Å². The number of hydrogen-bond donors (Lipinski definition) is 2. The lowest BCUT2D eigenvalue weighted by atomic mass is 9.81. The molecule has 1 amide bonds. The molecule has 2 unspecified atom stereocenters. The summed E-state index contributed by atoms with van der Waals surface area (Å²) < 4.78 is 0. The molecule has 2 aromatic carbocycles. The summed E-state index contributed by atoms with van der Waals surface area (Å²) in [6.45, 7) is 6.30. The molecule has 5 nitrogen and oxygen atoms in total. The van der Waals surface area contributed by atoms with Crippen LogP contribution in [0.1, 0.15) is 31.0 Å². The summed E-state index contributed by atoms with van der Waals surface area (Å²) >= 11 is 0. The van der Waals surface area contributed by atoms with E-state index in [0.29, 0.717) is 13.1 Å². The predicted octanol–water partition coefficient (Wildman–Crippen LogP) is 5.11. The van der Waals surface area contributed by atoms with Crippen molar-refractivity contribution in [3.05, 3.63) is 89.7 Å². The van der Waals surface area contributed by atoms with Gasteiger partial charge < -0.3 is 15.2 Å². The molecule has 0 saturated heterocycles. The molecule has 0 spiro atoms. The standard InChI is InChI=1S/C28H30N4O/c1-3-32(4-2)28(33)19-13-14-26-23(17-19)27(22-10-6-8-12-25(22)31-26)29-16-15-20-18-30-24-11-7-5-9-21(20)24/h5-14,17-18,23,27,29-30H,3-4,15-16H2,1-2H3. The fraction of sp³-hybridized carbons (Fsp3) is 0.286. The van der Waals surface area contributed by atoms with Crippen molar-refractivity contribution in [1.29, 1.82) is 0 Å². The first-order chi connectivity index (χ1) is 16.2. The molecule has 168 valence electrons. The van der Waals surface area contributed by atoms with Crippen molar-refractivity contribution in [2.45, 2.75) is 26.3 Å². The zero-order valence-electron chi connectivity index (χ0n) is 19.2. The van der Waals surface area contributed by atoms with Crippen molar-refractivity contribution in [1.82, 2.24) is 15.2 Å². The normalized spacial score (nSPS) is 19.0. The summed E-state index contributed by atoms with van der Waals surface area (Å²) in [5.74, 6) is 0.120. The van der Waals surface area contributed by atoms with E-state index in [1.165, 1.54) is 22.0 Å². The van der Waals surface area contributed by atoms with Crippen LogP contribution in [-0.4, -0.2) is 41.1 Å². The van der Waals surface area contributed by atoms with Crippen molar-refractivity contribution < 1.29 is 4.79 Å². The van der Waals surface area contributed by atoms with Gasteiger partial charge in [0, 0.05) is 53.4 Å². The minimum atomic E-state index is 0.0300. The molecule has 5 heteroatoms. The minimum Gasteiger partial charge on any atom is -0.361 e. The number of benzene rings is 2. The van der Waals surface area contributed by atoms with Crippen LogP contribution in [0.25, 0.3) is 10.9 Å². The van der Waals surface area contributed by atoms with Crippen LogP contribution in [0.2, 0.25) is 0 Å². The van der Waals surface area contributed by atoms with Crippen molar-refractivity contribution in [3.8, 4) is 0 Å². The fourth-order valence-electron chi connectivity index (χ4n) is 4.96. The Morgan fingerprint density at radius 3 is 2.70 bits per heavy atom. The average Bonchev–Trinajstić information content (AvgIpc) is 3.27. The average molecular weight is 439 g/mol.